The van der Waals surface area contributed by atoms with E-state index in [4.69, 9.17) is 4.74 Å². The van der Waals surface area contributed by atoms with Crippen LogP contribution in [0.1, 0.15) is 50.8 Å². The number of fused-ring (bicyclic) bond motifs is 1. The Kier molecular flexibility index (Phi) is 4.97. The van der Waals surface area contributed by atoms with Gasteiger partial charge in [-0.3, -0.25) is 4.79 Å². The lowest BCUT2D eigenvalue weighted by Gasteiger charge is -2.20. The number of H-pyrrole nitrogens is 1. The lowest BCUT2D eigenvalue weighted by molar-refractivity contribution is 0.299. The van der Waals surface area contributed by atoms with Crippen LogP contribution in [0.3, 0.4) is 0 Å². The molecule has 0 aliphatic heterocycles. The average Bonchev–Trinajstić information content (AvgIpc) is 3.43. The second kappa shape index (κ2) is 7.36. The van der Waals surface area contributed by atoms with Crippen molar-refractivity contribution in [1.29, 1.82) is 0 Å². The molecule has 0 atom stereocenters. The van der Waals surface area contributed by atoms with Crippen molar-refractivity contribution in [3.05, 3.63) is 34.1 Å². The van der Waals surface area contributed by atoms with Gasteiger partial charge < -0.3 is 9.72 Å². The number of nitrogens with zero attached hydrogens (tertiary/aromatic N) is 1. The Morgan fingerprint density at radius 2 is 2.00 bits per heavy atom. The van der Waals surface area contributed by atoms with Gasteiger partial charge in [0.05, 0.1) is 17.9 Å². The van der Waals surface area contributed by atoms with E-state index in [0.717, 1.165) is 0 Å². The van der Waals surface area contributed by atoms with Gasteiger partial charge in [-0.05, 0) is 31.6 Å². The van der Waals surface area contributed by atoms with E-state index < -0.39 is 11.4 Å². The van der Waals surface area contributed by atoms with Crippen LogP contribution >= 0.6 is 11.8 Å². The number of benzene rings is 1. The number of ether oxygens (including phenoxy) is 1. The third-order valence-corrected chi connectivity index (χ3v) is 6.36. The first-order chi connectivity index (χ1) is 12.2. The number of hydrogen-bond acceptors (Lipinski definition) is 4. The molecule has 4 nitrogen and oxygen atoms in total. The fourth-order valence-electron chi connectivity index (χ4n) is 3.33. The molecule has 0 bridgehead atoms. The second-order valence-corrected chi connectivity index (χ2v) is 8.43. The van der Waals surface area contributed by atoms with E-state index in [9.17, 15) is 9.18 Å². The summed E-state index contributed by atoms with van der Waals surface area (Å²) in [5.74, 6) is 1.76. The van der Waals surface area contributed by atoms with Crippen molar-refractivity contribution < 1.29 is 9.13 Å². The van der Waals surface area contributed by atoms with Gasteiger partial charge in [0.1, 0.15) is 22.8 Å². The number of halogens is 1. The number of aromatic amines is 1. The van der Waals surface area contributed by atoms with Gasteiger partial charge in [-0.15, -0.1) is 0 Å². The lowest BCUT2D eigenvalue weighted by Crippen LogP contribution is -2.14. The van der Waals surface area contributed by atoms with E-state index >= 15 is 0 Å². The van der Waals surface area contributed by atoms with Crippen molar-refractivity contribution >= 4 is 22.7 Å². The third-order valence-electron chi connectivity index (χ3n) is 4.97. The molecule has 2 aromatic rings. The number of aromatic nitrogens is 2. The topological polar surface area (TPSA) is 55.0 Å². The van der Waals surface area contributed by atoms with E-state index in [1.165, 1.54) is 51.0 Å². The second-order valence-electron chi connectivity index (χ2n) is 7.14. The molecule has 134 valence electrons. The summed E-state index contributed by atoms with van der Waals surface area (Å²) < 4.78 is 20.0. The molecule has 25 heavy (non-hydrogen) atoms. The smallest absolute Gasteiger partial charge is 0.261 e. The maximum absolute atomic E-state index is 14.3. The van der Waals surface area contributed by atoms with Crippen molar-refractivity contribution in [2.24, 2.45) is 5.92 Å². The molecule has 1 aromatic carbocycles. The number of hydrogen-bond donors (Lipinski definition) is 1. The molecule has 1 aromatic heterocycles. The Hall–Kier alpha value is -1.56. The minimum atomic E-state index is -0.566. The SMILES string of the molecule is O=c1[nH]c(CSC2CCCCC2)nc2cc(OCC3CC3)cc(F)c12. The predicted molar refractivity (Wildman–Crippen MR) is 98.7 cm³/mol. The zero-order valence-corrected chi connectivity index (χ0v) is 15.0. The van der Waals surface area contributed by atoms with Gasteiger partial charge in [0, 0.05) is 17.4 Å². The first kappa shape index (κ1) is 16.9. The first-order valence-corrected chi connectivity index (χ1v) is 10.2. The molecular weight excluding hydrogens is 339 g/mol. The normalized spacial score (nSPS) is 18.6. The van der Waals surface area contributed by atoms with Crippen LogP contribution in [0.4, 0.5) is 4.39 Å². The van der Waals surface area contributed by atoms with Gasteiger partial charge >= 0.3 is 0 Å². The number of thioether (sulfide) groups is 1. The van der Waals surface area contributed by atoms with Crippen molar-refractivity contribution in [2.75, 3.05) is 6.61 Å². The van der Waals surface area contributed by atoms with Crippen molar-refractivity contribution in [3.63, 3.8) is 0 Å². The molecule has 0 amide bonds. The van der Waals surface area contributed by atoms with E-state index in [-0.39, 0.29) is 5.39 Å². The molecule has 0 unspecified atom stereocenters. The Labute approximate surface area is 150 Å². The van der Waals surface area contributed by atoms with Gasteiger partial charge in [-0.2, -0.15) is 11.8 Å². The molecule has 2 saturated carbocycles. The van der Waals surface area contributed by atoms with E-state index in [1.54, 1.807) is 6.07 Å². The van der Waals surface area contributed by atoms with E-state index in [1.807, 2.05) is 11.8 Å². The van der Waals surface area contributed by atoms with Gasteiger partial charge in [0.25, 0.3) is 5.56 Å². The van der Waals surface area contributed by atoms with Gasteiger partial charge in [-0.1, -0.05) is 19.3 Å². The molecule has 2 fully saturated rings. The molecule has 1 N–H and O–H groups in total. The summed E-state index contributed by atoms with van der Waals surface area (Å²) in [5.41, 5.74) is -0.0238. The summed E-state index contributed by atoms with van der Waals surface area (Å²) in [6.45, 7) is 0.610. The zero-order chi connectivity index (χ0) is 17.2. The first-order valence-electron chi connectivity index (χ1n) is 9.16. The Morgan fingerprint density at radius 1 is 1.20 bits per heavy atom. The van der Waals surface area contributed by atoms with Crippen molar-refractivity contribution in [1.82, 2.24) is 9.97 Å². The summed E-state index contributed by atoms with van der Waals surface area (Å²) in [5, 5.41) is 0.657. The van der Waals surface area contributed by atoms with Crippen LogP contribution in [0.15, 0.2) is 16.9 Å². The highest BCUT2D eigenvalue weighted by atomic mass is 32.2. The van der Waals surface area contributed by atoms with Crippen LogP contribution in [0.25, 0.3) is 10.9 Å². The van der Waals surface area contributed by atoms with Crippen LogP contribution in [-0.2, 0) is 5.75 Å². The molecule has 6 heteroatoms. The largest absolute Gasteiger partial charge is 0.493 e. The quantitative estimate of drug-likeness (QED) is 0.827. The maximum Gasteiger partial charge on any atom is 0.261 e. The summed E-state index contributed by atoms with van der Waals surface area (Å²) in [4.78, 5) is 19.5. The molecule has 2 aliphatic rings. The summed E-state index contributed by atoms with van der Waals surface area (Å²) in [6.07, 6.45) is 8.71. The molecule has 0 spiro atoms. The van der Waals surface area contributed by atoms with Crippen molar-refractivity contribution in [2.45, 2.75) is 55.9 Å². The van der Waals surface area contributed by atoms with Gasteiger partial charge in [0.2, 0.25) is 0 Å². The molecule has 1 heterocycles. The Balaban J connectivity index is 1.54. The fourth-order valence-corrected chi connectivity index (χ4v) is 4.52. The molecule has 0 radical (unpaired) electrons. The maximum atomic E-state index is 14.3. The third kappa shape index (κ3) is 4.17. The lowest BCUT2D eigenvalue weighted by atomic mass is 10.0. The van der Waals surface area contributed by atoms with E-state index in [2.05, 4.69) is 9.97 Å². The average molecular weight is 362 g/mol. The summed E-state index contributed by atoms with van der Waals surface area (Å²) in [7, 11) is 0. The number of nitrogens with one attached hydrogen (secondary N) is 1. The summed E-state index contributed by atoms with van der Waals surface area (Å²) >= 11 is 1.84. The highest BCUT2D eigenvalue weighted by Crippen LogP contribution is 2.31. The molecule has 2 aliphatic carbocycles. The van der Waals surface area contributed by atoms with Crippen molar-refractivity contribution in [3.8, 4) is 5.75 Å². The van der Waals surface area contributed by atoms with Crippen LogP contribution in [0.5, 0.6) is 5.75 Å². The van der Waals surface area contributed by atoms with Gasteiger partial charge in [0.15, 0.2) is 0 Å². The van der Waals surface area contributed by atoms with Crippen LogP contribution in [-0.4, -0.2) is 21.8 Å². The molecule has 4 rings (SSSR count). The predicted octanol–water partition coefficient (Wildman–Crippen LogP) is 4.42. The van der Waals surface area contributed by atoms with Crippen LogP contribution in [0, 0.1) is 11.7 Å². The van der Waals surface area contributed by atoms with Crippen LogP contribution < -0.4 is 10.3 Å². The highest BCUT2D eigenvalue weighted by Gasteiger charge is 2.22. The van der Waals surface area contributed by atoms with Gasteiger partial charge in [-0.25, -0.2) is 9.37 Å². The Bertz CT molecular complexity index is 813. The molecule has 0 saturated heterocycles. The monoisotopic (exact) mass is 362 g/mol. The number of rotatable bonds is 6. The minimum Gasteiger partial charge on any atom is -0.493 e. The summed E-state index contributed by atoms with van der Waals surface area (Å²) in [6, 6.07) is 2.98. The Morgan fingerprint density at radius 3 is 2.76 bits per heavy atom. The van der Waals surface area contributed by atoms with E-state index in [0.29, 0.717) is 40.6 Å². The van der Waals surface area contributed by atoms with Crippen LogP contribution in [0.2, 0.25) is 0 Å². The highest BCUT2D eigenvalue weighted by molar-refractivity contribution is 7.99. The fraction of sp³-hybridized carbons (Fsp3) is 0.579. The standard InChI is InChI=1S/C19H23FN2O2S/c20-15-8-13(24-10-12-6-7-12)9-16-18(15)19(23)22-17(21-16)11-25-14-4-2-1-3-5-14/h8-9,12,14H,1-7,10-11H2,(H,21,22,23). The molecular formula is C19H23FN2O2S. The zero-order valence-electron chi connectivity index (χ0n) is 14.2. The minimum absolute atomic E-state index is 0.0187.